The van der Waals surface area contributed by atoms with Crippen LogP contribution in [0.2, 0.25) is 0 Å². The first-order valence-corrected chi connectivity index (χ1v) is 5.72. The molecule has 3 nitrogen and oxygen atoms in total. The van der Waals surface area contributed by atoms with Gasteiger partial charge in [0.15, 0.2) is 0 Å². The molecular formula is C13H15F3N2O. The molecule has 0 radical (unpaired) electrons. The second-order valence-corrected chi connectivity index (χ2v) is 3.85. The van der Waals surface area contributed by atoms with Gasteiger partial charge < -0.3 is 10.6 Å². The number of amides is 1. The fourth-order valence-corrected chi connectivity index (χ4v) is 1.40. The van der Waals surface area contributed by atoms with Gasteiger partial charge in [0.1, 0.15) is 0 Å². The average Bonchev–Trinajstić information content (AvgIpc) is 2.36. The molecule has 0 unspecified atom stereocenters. The molecule has 1 amide bonds. The van der Waals surface area contributed by atoms with Gasteiger partial charge in [-0.2, -0.15) is 13.2 Å². The van der Waals surface area contributed by atoms with Crippen molar-refractivity contribution in [3.8, 4) is 0 Å². The van der Waals surface area contributed by atoms with Crippen molar-refractivity contribution in [2.45, 2.75) is 12.6 Å². The zero-order valence-electron chi connectivity index (χ0n) is 10.3. The predicted octanol–water partition coefficient (Wildman–Crippen LogP) is 2.81. The Balaban J connectivity index is 2.46. The van der Waals surface area contributed by atoms with Gasteiger partial charge in [0.2, 0.25) is 5.91 Å². The molecule has 0 aliphatic carbocycles. The van der Waals surface area contributed by atoms with Crippen LogP contribution in [0.5, 0.6) is 0 Å². The van der Waals surface area contributed by atoms with Crippen molar-refractivity contribution in [3.63, 3.8) is 0 Å². The number of nitrogens with one attached hydrogen (secondary N) is 2. The van der Waals surface area contributed by atoms with E-state index in [9.17, 15) is 18.0 Å². The Bertz CT molecular complexity index is 444. The Morgan fingerprint density at radius 3 is 2.74 bits per heavy atom. The Hall–Kier alpha value is -1.98. The molecule has 0 atom stereocenters. The van der Waals surface area contributed by atoms with Crippen molar-refractivity contribution < 1.29 is 18.0 Å². The standard InChI is InChI=1S/C13H15F3N2O/c1-2-7-18-12(19)6-8-17-11-5-3-4-10(9-11)13(14,15)16/h2-5,9,17H,1,6-8H2,(H,18,19). The lowest BCUT2D eigenvalue weighted by Gasteiger charge is -2.10. The SMILES string of the molecule is C=CCNC(=O)CCNc1cccc(C(F)(F)F)c1. The molecule has 0 aliphatic heterocycles. The summed E-state index contributed by atoms with van der Waals surface area (Å²) in [6, 6.07) is 4.86. The van der Waals surface area contributed by atoms with E-state index < -0.39 is 11.7 Å². The monoisotopic (exact) mass is 272 g/mol. The molecule has 0 fully saturated rings. The fourth-order valence-electron chi connectivity index (χ4n) is 1.40. The van der Waals surface area contributed by atoms with Crippen LogP contribution < -0.4 is 10.6 Å². The lowest BCUT2D eigenvalue weighted by Crippen LogP contribution is -2.25. The number of benzene rings is 1. The molecule has 1 aromatic rings. The van der Waals surface area contributed by atoms with Crippen molar-refractivity contribution >= 4 is 11.6 Å². The van der Waals surface area contributed by atoms with E-state index in [2.05, 4.69) is 17.2 Å². The number of anilines is 1. The minimum absolute atomic E-state index is 0.181. The van der Waals surface area contributed by atoms with Crippen molar-refractivity contribution in [1.82, 2.24) is 5.32 Å². The summed E-state index contributed by atoms with van der Waals surface area (Å²) in [6.07, 6.45) is -2.62. The van der Waals surface area contributed by atoms with E-state index in [0.717, 1.165) is 12.1 Å². The molecule has 2 N–H and O–H groups in total. The Morgan fingerprint density at radius 1 is 1.37 bits per heavy atom. The van der Waals surface area contributed by atoms with Gasteiger partial charge in [-0.25, -0.2) is 0 Å². The van der Waals surface area contributed by atoms with Crippen LogP contribution in [-0.2, 0) is 11.0 Å². The van der Waals surface area contributed by atoms with Gasteiger partial charge >= 0.3 is 6.18 Å². The number of hydrogen-bond donors (Lipinski definition) is 2. The Labute approximate surface area is 109 Å². The third-order valence-corrected chi connectivity index (χ3v) is 2.31. The number of hydrogen-bond acceptors (Lipinski definition) is 2. The maximum atomic E-state index is 12.5. The minimum atomic E-state index is -4.36. The number of alkyl halides is 3. The van der Waals surface area contributed by atoms with Crippen molar-refractivity contribution in [3.05, 3.63) is 42.5 Å². The molecule has 0 saturated heterocycles. The van der Waals surface area contributed by atoms with Crippen LogP contribution in [0.4, 0.5) is 18.9 Å². The molecule has 0 saturated carbocycles. The van der Waals surface area contributed by atoms with E-state index in [0.29, 0.717) is 12.2 Å². The van der Waals surface area contributed by atoms with Crippen LogP contribution in [0.15, 0.2) is 36.9 Å². The highest BCUT2D eigenvalue weighted by molar-refractivity contribution is 5.76. The van der Waals surface area contributed by atoms with E-state index in [-0.39, 0.29) is 18.9 Å². The summed E-state index contributed by atoms with van der Waals surface area (Å²) >= 11 is 0. The molecule has 1 rings (SSSR count). The second kappa shape index (κ2) is 6.82. The third kappa shape index (κ3) is 5.46. The van der Waals surface area contributed by atoms with Gasteiger partial charge in [-0.1, -0.05) is 12.1 Å². The minimum Gasteiger partial charge on any atom is -0.385 e. The molecule has 19 heavy (non-hydrogen) atoms. The molecule has 1 aromatic carbocycles. The number of carbonyl (C=O) groups excluding carboxylic acids is 1. The normalized spacial score (nSPS) is 10.9. The molecule has 0 aromatic heterocycles. The maximum absolute atomic E-state index is 12.5. The van der Waals surface area contributed by atoms with E-state index in [4.69, 9.17) is 0 Å². The van der Waals surface area contributed by atoms with E-state index in [1.54, 1.807) is 6.08 Å². The highest BCUT2D eigenvalue weighted by Crippen LogP contribution is 2.30. The van der Waals surface area contributed by atoms with Crippen LogP contribution >= 0.6 is 0 Å². The van der Waals surface area contributed by atoms with Crippen LogP contribution in [0.1, 0.15) is 12.0 Å². The summed E-state index contributed by atoms with van der Waals surface area (Å²) in [7, 11) is 0. The summed E-state index contributed by atoms with van der Waals surface area (Å²) in [5.41, 5.74) is -0.375. The van der Waals surface area contributed by atoms with Crippen LogP contribution in [0.25, 0.3) is 0 Å². The van der Waals surface area contributed by atoms with Gasteiger partial charge in [0, 0.05) is 25.2 Å². The topological polar surface area (TPSA) is 41.1 Å². The molecule has 104 valence electrons. The van der Waals surface area contributed by atoms with Crippen molar-refractivity contribution in [1.29, 1.82) is 0 Å². The second-order valence-electron chi connectivity index (χ2n) is 3.85. The lowest BCUT2D eigenvalue weighted by atomic mass is 10.2. The first-order chi connectivity index (χ1) is 8.93. The summed E-state index contributed by atoms with van der Waals surface area (Å²) in [5.74, 6) is -0.181. The first kappa shape index (κ1) is 15.1. The van der Waals surface area contributed by atoms with Crippen LogP contribution in [0, 0.1) is 0 Å². The zero-order chi connectivity index (χ0) is 14.3. The highest BCUT2D eigenvalue weighted by atomic mass is 19.4. The molecule has 6 heteroatoms. The summed E-state index contributed by atoms with van der Waals surface area (Å²) in [5, 5.41) is 5.36. The number of halogens is 3. The number of carbonyl (C=O) groups is 1. The smallest absolute Gasteiger partial charge is 0.385 e. The van der Waals surface area contributed by atoms with Crippen LogP contribution in [0.3, 0.4) is 0 Å². The largest absolute Gasteiger partial charge is 0.416 e. The Morgan fingerprint density at radius 2 is 2.11 bits per heavy atom. The fraction of sp³-hybridized carbons (Fsp3) is 0.308. The third-order valence-electron chi connectivity index (χ3n) is 2.31. The Kier molecular flexibility index (Phi) is 5.41. The molecule has 0 bridgehead atoms. The van der Waals surface area contributed by atoms with Gasteiger partial charge in [-0.3, -0.25) is 4.79 Å². The highest BCUT2D eigenvalue weighted by Gasteiger charge is 2.30. The summed E-state index contributed by atoms with van der Waals surface area (Å²) in [4.78, 5) is 11.2. The molecular weight excluding hydrogens is 257 g/mol. The van der Waals surface area contributed by atoms with Gasteiger partial charge in [0.05, 0.1) is 5.56 Å². The van der Waals surface area contributed by atoms with Gasteiger partial charge in [0.25, 0.3) is 0 Å². The molecule has 0 aliphatic rings. The van der Waals surface area contributed by atoms with E-state index >= 15 is 0 Å². The molecule has 0 spiro atoms. The van der Waals surface area contributed by atoms with Gasteiger partial charge in [-0.15, -0.1) is 6.58 Å². The summed E-state index contributed by atoms with van der Waals surface area (Å²) < 4.78 is 37.4. The number of rotatable bonds is 6. The average molecular weight is 272 g/mol. The van der Waals surface area contributed by atoms with E-state index in [1.807, 2.05) is 0 Å². The van der Waals surface area contributed by atoms with E-state index in [1.165, 1.54) is 12.1 Å². The quantitative estimate of drug-likeness (QED) is 0.782. The summed E-state index contributed by atoms with van der Waals surface area (Å²) in [6.45, 7) is 4.10. The van der Waals surface area contributed by atoms with Crippen molar-refractivity contribution in [2.24, 2.45) is 0 Å². The predicted molar refractivity (Wildman–Crippen MR) is 67.8 cm³/mol. The maximum Gasteiger partial charge on any atom is 0.416 e. The van der Waals surface area contributed by atoms with Crippen LogP contribution in [-0.4, -0.2) is 19.0 Å². The zero-order valence-corrected chi connectivity index (χ0v) is 10.3. The van der Waals surface area contributed by atoms with Gasteiger partial charge in [-0.05, 0) is 18.2 Å². The molecule has 0 heterocycles. The first-order valence-electron chi connectivity index (χ1n) is 5.72. The van der Waals surface area contributed by atoms with Crippen molar-refractivity contribution in [2.75, 3.05) is 18.4 Å². The lowest BCUT2D eigenvalue weighted by molar-refractivity contribution is -0.137.